The Balaban J connectivity index is 1.49. The van der Waals surface area contributed by atoms with Gasteiger partial charge in [-0.05, 0) is 29.8 Å². The van der Waals surface area contributed by atoms with Gasteiger partial charge in [-0.25, -0.2) is 15.0 Å². The molecule has 7 heteroatoms. The molecule has 0 fully saturated rings. The minimum Gasteiger partial charge on any atom is -0.505 e. The molecule has 1 aliphatic rings. The molecule has 0 atom stereocenters. The van der Waals surface area contributed by atoms with E-state index in [0.717, 1.165) is 22.6 Å². The highest BCUT2D eigenvalue weighted by molar-refractivity contribution is 5.95. The van der Waals surface area contributed by atoms with Gasteiger partial charge in [-0.1, -0.05) is 12.1 Å². The second-order valence-corrected chi connectivity index (χ2v) is 6.32. The number of hydrogen-bond donors (Lipinski definition) is 1. The molecule has 0 aliphatic carbocycles. The van der Waals surface area contributed by atoms with Crippen LogP contribution in [0, 0.1) is 0 Å². The summed E-state index contributed by atoms with van der Waals surface area (Å²) in [4.78, 5) is 27.3. The van der Waals surface area contributed by atoms with Crippen molar-refractivity contribution in [3.8, 4) is 11.5 Å². The number of amides is 1. The lowest BCUT2D eigenvalue weighted by Gasteiger charge is -2.14. The summed E-state index contributed by atoms with van der Waals surface area (Å²) >= 11 is 0. The van der Waals surface area contributed by atoms with Crippen LogP contribution in [0.25, 0.3) is 0 Å². The Kier molecular flexibility index (Phi) is 4.42. The van der Waals surface area contributed by atoms with Gasteiger partial charge in [0.2, 0.25) is 0 Å². The van der Waals surface area contributed by atoms with Crippen molar-refractivity contribution in [1.29, 1.82) is 0 Å². The maximum atomic E-state index is 12.6. The zero-order valence-corrected chi connectivity index (χ0v) is 14.8. The Morgan fingerprint density at radius 1 is 1.19 bits per heavy atom. The number of fused-ring (bicyclic) bond motifs is 1. The Hall–Kier alpha value is -3.48. The van der Waals surface area contributed by atoms with Crippen LogP contribution in [-0.2, 0) is 19.5 Å². The van der Waals surface area contributed by atoms with Crippen LogP contribution in [0.1, 0.15) is 33.1 Å². The van der Waals surface area contributed by atoms with E-state index >= 15 is 0 Å². The number of hydrogen-bond acceptors (Lipinski definition) is 6. The number of pyridine rings is 1. The van der Waals surface area contributed by atoms with Gasteiger partial charge in [0.05, 0.1) is 19.3 Å². The first-order valence-corrected chi connectivity index (χ1v) is 8.54. The van der Waals surface area contributed by atoms with E-state index in [0.29, 0.717) is 25.3 Å². The fourth-order valence-electron chi connectivity index (χ4n) is 3.06. The first-order valence-electron chi connectivity index (χ1n) is 8.54. The summed E-state index contributed by atoms with van der Waals surface area (Å²) in [6.07, 6.45) is 3.86. The van der Waals surface area contributed by atoms with E-state index < -0.39 is 0 Å². The maximum absolute atomic E-state index is 12.6. The molecule has 0 spiro atoms. The molecule has 1 aliphatic heterocycles. The van der Waals surface area contributed by atoms with E-state index in [2.05, 4.69) is 15.0 Å². The summed E-state index contributed by atoms with van der Waals surface area (Å²) in [5.74, 6) is 1.07. The molecule has 7 nitrogen and oxygen atoms in total. The van der Waals surface area contributed by atoms with Gasteiger partial charge in [-0.15, -0.1) is 0 Å². The summed E-state index contributed by atoms with van der Waals surface area (Å²) < 4.78 is 5.17. The molecule has 0 radical (unpaired) electrons. The third-order valence-corrected chi connectivity index (χ3v) is 4.50. The Bertz CT molecular complexity index is 989. The van der Waals surface area contributed by atoms with Crippen LogP contribution in [-0.4, -0.2) is 38.0 Å². The van der Waals surface area contributed by atoms with Crippen molar-refractivity contribution >= 4 is 5.91 Å². The largest absolute Gasteiger partial charge is 0.505 e. The van der Waals surface area contributed by atoms with Crippen LogP contribution in [0.3, 0.4) is 0 Å². The first kappa shape index (κ1) is 17.0. The summed E-state index contributed by atoms with van der Waals surface area (Å²) in [5.41, 5.74) is 2.88. The van der Waals surface area contributed by atoms with Gasteiger partial charge in [0, 0.05) is 30.9 Å². The standard InChI is InChI=1S/C20H18N4O3/c1-27-15-6-4-13(5-7-15)9-18-22-10-14-11-24(12-16(14)23-18)20(26)19-17(25)3-2-8-21-19/h2-8,10,25H,9,11-12H2,1H3. The van der Waals surface area contributed by atoms with Crippen LogP contribution in [0.2, 0.25) is 0 Å². The SMILES string of the molecule is COc1ccc(Cc2ncc3c(n2)CN(C(=O)c2ncccc2O)C3)cc1. The Labute approximate surface area is 156 Å². The van der Waals surface area contributed by atoms with Crippen LogP contribution >= 0.6 is 0 Å². The van der Waals surface area contributed by atoms with E-state index in [1.807, 2.05) is 24.3 Å². The van der Waals surface area contributed by atoms with E-state index in [1.54, 1.807) is 24.3 Å². The second kappa shape index (κ2) is 7.03. The van der Waals surface area contributed by atoms with Gasteiger partial charge >= 0.3 is 0 Å². The number of ether oxygens (including phenoxy) is 1. The van der Waals surface area contributed by atoms with Crippen molar-refractivity contribution in [3.63, 3.8) is 0 Å². The third-order valence-electron chi connectivity index (χ3n) is 4.50. The van der Waals surface area contributed by atoms with Crippen molar-refractivity contribution in [1.82, 2.24) is 19.9 Å². The number of carbonyl (C=O) groups excluding carboxylic acids is 1. The normalized spacial score (nSPS) is 12.7. The lowest BCUT2D eigenvalue weighted by Crippen LogP contribution is -2.26. The third kappa shape index (κ3) is 3.44. The quantitative estimate of drug-likeness (QED) is 0.766. The number of methoxy groups -OCH3 is 1. The number of aromatic hydroxyl groups is 1. The number of carbonyl (C=O) groups is 1. The van der Waals surface area contributed by atoms with Crippen molar-refractivity contribution in [2.75, 3.05) is 7.11 Å². The molecule has 2 aromatic heterocycles. The van der Waals surface area contributed by atoms with Gasteiger partial charge < -0.3 is 14.7 Å². The van der Waals surface area contributed by atoms with Crippen LogP contribution in [0.4, 0.5) is 0 Å². The molecule has 1 N–H and O–H groups in total. The van der Waals surface area contributed by atoms with Crippen molar-refractivity contribution in [2.24, 2.45) is 0 Å². The van der Waals surface area contributed by atoms with Gasteiger partial charge in [0.15, 0.2) is 5.69 Å². The van der Waals surface area contributed by atoms with Crippen molar-refractivity contribution in [2.45, 2.75) is 19.5 Å². The first-order chi connectivity index (χ1) is 13.1. The molecule has 3 heterocycles. The van der Waals surface area contributed by atoms with E-state index in [-0.39, 0.29) is 17.4 Å². The molecule has 3 aromatic rings. The average Bonchev–Trinajstić information content (AvgIpc) is 3.12. The Morgan fingerprint density at radius 2 is 2.00 bits per heavy atom. The second-order valence-electron chi connectivity index (χ2n) is 6.32. The molecule has 0 unspecified atom stereocenters. The molecule has 1 amide bonds. The molecule has 27 heavy (non-hydrogen) atoms. The van der Waals surface area contributed by atoms with Crippen LogP contribution < -0.4 is 4.74 Å². The molecular weight excluding hydrogens is 344 g/mol. The van der Waals surface area contributed by atoms with Crippen LogP contribution in [0.5, 0.6) is 11.5 Å². The number of benzene rings is 1. The van der Waals surface area contributed by atoms with E-state index in [1.165, 1.54) is 12.3 Å². The van der Waals surface area contributed by atoms with Crippen LogP contribution in [0.15, 0.2) is 48.8 Å². The summed E-state index contributed by atoms with van der Waals surface area (Å²) in [6, 6.07) is 10.8. The predicted molar refractivity (Wildman–Crippen MR) is 97.3 cm³/mol. The molecular formula is C20H18N4O3. The van der Waals surface area contributed by atoms with Gasteiger partial charge in [-0.2, -0.15) is 0 Å². The molecule has 0 bridgehead atoms. The van der Waals surface area contributed by atoms with Gasteiger partial charge in [0.1, 0.15) is 17.3 Å². The summed E-state index contributed by atoms with van der Waals surface area (Å²) in [5, 5.41) is 9.86. The average molecular weight is 362 g/mol. The lowest BCUT2D eigenvalue weighted by atomic mass is 10.1. The highest BCUT2D eigenvalue weighted by Gasteiger charge is 2.28. The fraction of sp³-hybridized carbons (Fsp3) is 0.200. The minimum atomic E-state index is -0.317. The van der Waals surface area contributed by atoms with Crippen molar-refractivity contribution < 1.29 is 14.6 Å². The van der Waals surface area contributed by atoms with Gasteiger partial charge in [0.25, 0.3) is 5.91 Å². The predicted octanol–water partition coefficient (Wildman–Crippen LogP) is 2.33. The topological polar surface area (TPSA) is 88.4 Å². The molecule has 136 valence electrons. The zero-order chi connectivity index (χ0) is 18.8. The molecule has 1 aromatic carbocycles. The monoisotopic (exact) mass is 362 g/mol. The summed E-state index contributed by atoms with van der Waals surface area (Å²) in [6.45, 7) is 0.787. The zero-order valence-electron chi connectivity index (χ0n) is 14.8. The van der Waals surface area contributed by atoms with Gasteiger partial charge in [-0.3, -0.25) is 4.79 Å². The fourth-order valence-corrected chi connectivity index (χ4v) is 3.06. The number of rotatable bonds is 4. The molecule has 0 saturated carbocycles. The van der Waals surface area contributed by atoms with E-state index in [4.69, 9.17) is 4.74 Å². The highest BCUT2D eigenvalue weighted by atomic mass is 16.5. The molecule has 4 rings (SSSR count). The maximum Gasteiger partial charge on any atom is 0.276 e. The van der Waals surface area contributed by atoms with Crippen molar-refractivity contribution in [3.05, 3.63) is 77.1 Å². The van der Waals surface area contributed by atoms with E-state index in [9.17, 15) is 9.90 Å². The smallest absolute Gasteiger partial charge is 0.276 e. The number of aromatic nitrogens is 3. The summed E-state index contributed by atoms with van der Waals surface area (Å²) in [7, 11) is 1.64. The number of nitrogens with zero attached hydrogens (tertiary/aromatic N) is 4. The minimum absolute atomic E-state index is 0.0525. The lowest BCUT2D eigenvalue weighted by molar-refractivity contribution is 0.0741. The Morgan fingerprint density at radius 3 is 2.74 bits per heavy atom. The highest BCUT2D eigenvalue weighted by Crippen LogP contribution is 2.25. The molecule has 0 saturated heterocycles.